The van der Waals surface area contributed by atoms with Crippen LogP contribution in [0.25, 0.3) is 11.0 Å². The van der Waals surface area contributed by atoms with Crippen molar-refractivity contribution in [1.29, 1.82) is 0 Å². The smallest absolute Gasteiger partial charge is 0.252 e. The van der Waals surface area contributed by atoms with Gasteiger partial charge in [-0.2, -0.15) is 0 Å². The number of aryl methyl sites for hydroxylation is 1. The fourth-order valence-corrected chi connectivity index (χ4v) is 4.92. The highest BCUT2D eigenvalue weighted by Crippen LogP contribution is 2.44. The number of hydrogen-bond acceptors (Lipinski definition) is 7. The topological polar surface area (TPSA) is 93.1 Å². The van der Waals surface area contributed by atoms with Gasteiger partial charge in [0.25, 0.3) is 5.91 Å². The Labute approximate surface area is 193 Å². The number of nitrogens with zero attached hydrogens (tertiary/aromatic N) is 2. The Kier molecular flexibility index (Phi) is 5.73. The standard InChI is InChI=1S/C24H33N3O6/c1-6-7-12-27-15-11-9-8-10-14(15)26-16(27)13-25-21(28)19-17-18(31-23(2,3)30-17)20-22(29-19)33-24(4,5)32-20/h8-11,17-20,22H,6-7,12-13H2,1-5H3,(H,25,28)/t17-,18+,19+,20-,22-/m1/s1. The maximum absolute atomic E-state index is 13.3. The van der Waals surface area contributed by atoms with Crippen molar-refractivity contribution in [2.45, 2.75) is 103 Å². The lowest BCUT2D eigenvalue weighted by Crippen LogP contribution is -2.59. The number of benzene rings is 1. The van der Waals surface area contributed by atoms with Crippen LogP contribution >= 0.6 is 0 Å². The predicted molar refractivity (Wildman–Crippen MR) is 119 cm³/mol. The van der Waals surface area contributed by atoms with Crippen LogP contribution in [-0.2, 0) is 41.6 Å². The number of ether oxygens (including phenoxy) is 5. The molecule has 33 heavy (non-hydrogen) atoms. The van der Waals surface area contributed by atoms with Crippen molar-refractivity contribution in [1.82, 2.24) is 14.9 Å². The summed E-state index contributed by atoms with van der Waals surface area (Å²) in [6.45, 7) is 10.6. The van der Waals surface area contributed by atoms with Crippen LogP contribution in [0.15, 0.2) is 24.3 Å². The molecule has 4 heterocycles. The van der Waals surface area contributed by atoms with E-state index in [2.05, 4.69) is 22.9 Å². The van der Waals surface area contributed by atoms with Crippen LogP contribution in [-0.4, -0.2) is 57.7 Å². The van der Waals surface area contributed by atoms with Gasteiger partial charge >= 0.3 is 0 Å². The number of amides is 1. The number of hydrogen-bond donors (Lipinski definition) is 1. The second-order valence-corrected chi connectivity index (χ2v) is 9.83. The first-order valence-corrected chi connectivity index (χ1v) is 11.8. The molecule has 0 aliphatic carbocycles. The molecule has 3 aliphatic rings. The lowest BCUT2D eigenvalue weighted by atomic mass is 9.98. The molecule has 3 aliphatic heterocycles. The summed E-state index contributed by atoms with van der Waals surface area (Å²) in [7, 11) is 0. The van der Waals surface area contributed by atoms with Crippen LogP contribution in [0.5, 0.6) is 0 Å². The minimum atomic E-state index is -0.885. The van der Waals surface area contributed by atoms with Crippen LogP contribution in [0, 0.1) is 0 Å². The summed E-state index contributed by atoms with van der Waals surface area (Å²) < 4.78 is 32.3. The van der Waals surface area contributed by atoms with E-state index in [0.29, 0.717) is 0 Å². The van der Waals surface area contributed by atoms with Gasteiger partial charge in [-0.05, 0) is 46.2 Å². The average Bonchev–Trinajstić information content (AvgIpc) is 3.38. The molecule has 9 heteroatoms. The number of unbranched alkanes of at least 4 members (excludes halogenated alkanes) is 1. The van der Waals surface area contributed by atoms with Crippen LogP contribution in [0.2, 0.25) is 0 Å². The summed E-state index contributed by atoms with van der Waals surface area (Å²) in [5.74, 6) is -1.15. The van der Waals surface area contributed by atoms with Crippen LogP contribution in [0.3, 0.4) is 0 Å². The minimum absolute atomic E-state index is 0.285. The van der Waals surface area contributed by atoms with Gasteiger partial charge in [-0.15, -0.1) is 0 Å². The summed E-state index contributed by atoms with van der Waals surface area (Å²) >= 11 is 0. The fraction of sp³-hybridized carbons (Fsp3) is 0.667. The maximum Gasteiger partial charge on any atom is 0.252 e. The summed E-state index contributed by atoms with van der Waals surface area (Å²) in [5.41, 5.74) is 1.99. The van der Waals surface area contributed by atoms with E-state index in [1.807, 2.05) is 45.9 Å². The number of nitrogens with one attached hydrogen (secondary N) is 1. The summed E-state index contributed by atoms with van der Waals surface area (Å²) in [5, 5.41) is 3.01. The van der Waals surface area contributed by atoms with Gasteiger partial charge in [0.1, 0.15) is 24.1 Å². The zero-order valence-corrected chi connectivity index (χ0v) is 19.9. The van der Waals surface area contributed by atoms with Crippen LogP contribution in [0.1, 0.15) is 53.3 Å². The molecule has 1 aromatic carbocycles. The molecule has 180 valence electrons. The molecule has 0 unspecified atom stereocenters. The molecule has 1 amide bonds. The van der Waals surface area contributed by atoms with Gasteiger partial charge in [-0.25, -0.2) is 4.98 Å². The van der Waals surface area contributed by atoms with E-state index in [0.717, 1.165) is 36.2 Å². The minimum Gasteiger partial charge on any atom is -0.347 e. The Morgan fingerprint density at radius 1 is 1.03 bits per heavy atom. The Balaban J connectivity index is 1.35. The SMILES string of the molecule is CCCCn1c(CNC(=O)[C@H]2O[C@@H]3OC(C)(C)O[C@@H]3[C@H]3OC(C)(C)O[C@H]32)nc2ccccc21. The highest BCUT2D eigenvalue weighted by atomic mass is 16.9. The Morgan fingerprint density at radius 3 is 2.52 bits per heavy atom. The van der Waals surface area contributed by atoms with Crippen molar-refractivity contribution >= 4 is 16.9 Å². The van der Waals surface area contributed by atoms with Gasteiger partial charge in [-0.1, -0.05) is 25.5 Å². The molecule has 5 atom stereocenters. The molecule has 3 fully saturated rings. The second-order valence-electron chi connectivity index (χ2n) is 9.83. The highest BCUT2D eigenvalue weighted by Gasteiger charge is 2.62. The lowest BCUT2D eigenvalue weighted by Gasteiger charge is -2.36. The van der Waals surface area contributed by atoms with E-state index in [1.165, 1.54) is 0 Å². The second kappa shape index (κ2) is 8.32. The Bertz CT molecular complexity index is 1030. The number of aromatic nitrogens is 2. The lowest BCUT2D eigenvalue weighted by molar-refractivity contribution is -0.231. The Morgan fingerprint density at radius 2 is 1.73 bits per heavy atom. The molecular weight excluding hydrogens is 426 g/mol. The van der Waals surface area contributed by atoms with Crippen LogP contribution in [0.4, 0.5) is 0 Å². The molecule has 0 radical (unpaired) electrons. The third-order valence-corrected chi connectivity index (χ3v) is 6.30. The van der Waals surface area contributed by atoms with E-state index in [4.69, 9.17) is 28.7 Å². The average molecular weight is 460 g/mol. The van der Waals surface area contributed by atoms with E-state index < -0.39 is 42.3 Å². The van der Waals surface area contributed by atoms with Gasteiger partial charge in [0, 0.05) is 6.54 Å². The van der Waals surface area contributed by atoms with Crippen molar-refractivity contribution in [3.63, 3.8) is 0 Å². The van der Waals surface area contributed by atoms with E-state index >= 15 is 0 Å². The molecule has 1 N–H and O–H groups in total. The number of para-hydroxylation sites is 2. The molecule has 1 aromatic heterocycles. The first-order valence-electron chi connectivity index (χ1n) is 11.8. The quantitative estimate of drug-likeness (QED) is 0.710. The molecule has 0 bridgehead atoms. The zero-order chi connectivity index (χ0) is 23.4. The molecule has 0 spiro atoms. The van der Waals surface area contributed by atoms with Gasteiger partial charge in [0.05, 0.1) is 17.6 Å². The van der Waals surface area contributed by atoms with Crippen molar-refractivity contribution in [3.8, 4) is 0 Å². The van der Waals surface area contributed by atoms with Gasteiger partial charge in [-0.3, -0.25) is 4.79 Å². The number of imidazole rings is 1. The predicted octanol–water partition coefficient (Wildman–Crippen LogP) is 2.85. The Hall–Kier alpha value is -2.04. The van der Waals surface area contributed by atoms with Crippen molar-refractivity contribution in [3.05, 3.63) is 30.1 Å². The molecule has 3 saturated heterocycles. The first kappa shape index (κ1) is 22.7. The number of rotatable bonds is 6. The van der Waals surface area contributed by atoms with E-state index in [1.54, 1.807) is 0 Å². The van der Waals surface area contributed by atoms with Crippen molar-refractivity contribution in [2.75, 3.05) is 0 Å². The normalized spacial score (nSPS) is 32.0. The largest absolute Gasteiger partial charge is 0.347 e. The van der Waals surface area contributed by atoms with E-state index in [9.17, 15) is 4.79 Å². The van der Waals surface area contributed by atoms with Gasteiger partial charge < -0.3 is 33.6 Å². The van der Waals surface area contributed by atoms with Crippen molar-refractivity contribution in [2.24, 2.45) is 0 Å². The summed E-state index contributed by atoms with van der Waals surface area (Å²) in [4.78, 5) is 18.1. The summed E-state index contributed by atoms with van der Waals surface area (Å²) in [6.07, 6.45) is -1.01. The number of fused-ring (bicyclic) bond motifs is 4. The number of carbonyl (C=O) groups is 1. The highest BCUT2D eigenvalue weighted by molar-refractivity contribution is 5.82. The monoisotopic (exact) mass is 459 g/mol. The van der Waals surface area contributed by atoms with Gasteiger partial charge in [0.15, 0.2) is 24.0 Å². The van der Waals surface area contributed by atoms with Crippen molar-refractivity contribution < 1.29 is 28.5 Å². The first-order chi connectivity index (χ1) is 15.7. The summed E-state index contributed by atoms with van der Waals surface area (Å²) in [6, 6.07) is 8.02. The fourth-order valence-electron chi connectivity index (χ4n) is 4.92. The molecule has 0 saturated carbocycles. The maximum atomic E-state index is 13.3. The number of carbonyl (C=O) groups excluding carboxylic acids is 1. The van der Waals surface area contributed by atoms with Gasteiger partial charge in [0.2, 0.25) is 0 Å². The zero-order valence-electron chi connectivity index (χ0n) is 19.9. The third kappa shape index (κ3) is 4.28. The molecule has 2 aromatic rings. The molecule has 5 rings (SSSR count). The molecular formula is C24H33N3O6. The molecule has 9 nitrogen and oxygen atoms in total. The third-order valence-electron chi connectivity index (χ3n) is 6.30. The van der Waals surface area contributed by atoms with Crippen LogP contribution < -0.4 is 5.32 Å². The van der Waals surface area contributed by atoms with E-state index in [-0.39, 0.29) is 12.5 Å².